The van der Waals surface area contributed by atoms with Gasteiger partial charge in [0.25, 0.3) is 0 Å². The van der Waals surface area contributed by atoms with E-state index in [2.05, 4.69) is 12.2 Å². The summed E-state index contributed by atoms with van der Waals surface area (Å²) in [5, 5.41) is 2.53. The summed E-state index contributed by atoms with van der Waals surface area (Å²) in [6.45, 7) is 10.6. The van der Waals surface area contributed by atoms with Gasteiger partial charge in [-0.1, -0.05) is 13.8 Å². The number of rotatable bonds is 15. The molecule has 0 atom stereocenters. The maximum absolute atomic E-state index is 11.3. The van der Waals surface area contributed by atoms with E-state index in [1.54, 1.807) is 0 Å². The van der Waals surface area contributed by atoms with Crippen LogP contribution in [0, 0.1) is 20.3 Å². The molecule has 0 heterocycles. The van der Waals surface area contributed by atoms with E-state index in [1.807, 2.05) is 13.8 Å². The van der Waals surface area contributed by atoms with E-state index in [0.717, 1.165) is 0 Å². The van der Waals surface area contributed by atoms with Gasteiger partial charge in [0.15, 0.2) is 5.78 Å². The molecule has 0 unspecified atom stereocenters. The minimum Gasteiger partial charge on any atom is -0.379 e. The van der Waals surface area contributed by atoms with E-state index < -0.39 is 0 Å². The maximum Gasteiger partial charge on any atom is 1.00 e. The van der Waals surface area contributed by atoms with Crippen molar-refractivity contribution in [1.29, 1.82) is 0 Å². The van der Waals surface area contributed by atoms with E-state index in [4.69, 9.17) is 18.9 Å². The summed E-state index contributed by atoms with van der Waals surface area (Å²) in [6, 6.07) is 0. The Kier molecular flexibility index (Phi) is 26.2. The van der Waals surface area contributed by atoms with Gasteiger partial charge in [-0.05, 0) is 0 Å². The van der Waals surface area contributed by atoms with Crippen LogP contribution in [0.1, 0.15) is 13.8 Å². The quantitative estimate of drug-likeness (QED) is 0.197. The number of amides is 1. The number of hydrogen-bond donors (Lipinski definition) is 1. The topological polar surface area (TPSA) is 83.1 Å². The van der Waals surface area contributed by atoms with Crippen LogP contribution in [-0.4, -0.2) is 71.1 Å². The van der Waals surface area contributed by atoms with Crippen molar-refractivity contribution in [2.45, 2.75) is 13.8 Å². The van der Waals surface area contributed by atoms with Gasteiger partial charge < -0.3 is 43.4 Å². The molecule has 0 rings (SSSR count). The second kappa shape index (κ2) is 21.5. The standard InChI is InChI=1S/C15H28NO6.CH3.K/c1-13(2)15(18)12-22-11-10-21-9-8-20-7-6-19-5-4-16-14(3)17;;/h13H,3-12H2,1-2H3,(H,16,17);1H3;/q2*-1;+1. The van der Waals surface area contributed by atoms with Crippen molar-refractivity contribution in [1.82, 2.24) is 5.32 Å². The molecule has 0 aliphatic rings. The molecular formula is C16H31KNO6-. The number of hydrogen-bond acceptors (Lipinski definition) is 6. The van der Waals surface area contributed by atoms with Crippen LogP contribution in [0.3, 0.4) is 0 Å². The first-order chi connectivity index (χ1) is 10.5. The van der Waals surface area contributed by atoms with Gasteiger partial charge in [-0.15, -0.1) is 0 Å². The van der Waals surface area contributed by atoms with Gasteiger partial charge in [-0.3, -0.25) is 4.79 Å². The van der Waals surface area contributed by atoms with Crippen LogP contribution in [0.4, 0.5) is 0 Å². The molecule has 1 amide bonds. The summed E-state index contributed by atoms with van der Waals surface area (Å²) in [7, 11) is 0. The normalized spacial score (nSPS) is 9.96. The molecule has 0 aliphatic heterocycles. The smallest absolute Gasteiger partial charge is 0.379 e. The Morgan fingerprint density at radius 1 is 0.875 bits per heavy atom. The molecule has 0 aromatic rings. The molecule has 1 N–H and O–H groups in total. The Morgan fingerprint density at radius 2 is 1.29 bits per heavy atom. The molecule has 0 radical (unpaired) electrons. The van der Waals surface area contributed by atoms with Crippen LogP contribution >= 0.6 is 0 Å². The molecule has 0 aliphatic carbocycles. The molecular weight excluding hydrogens is 341 g/mol. The molecule has 0 aromatic carbocycles. The molecule has 138 valence electrons. The Bertz CT molecular complexity index is 302. The Labute approximate surface area is 188 Å². The van der Waals surface area contributed by atoms with Crippen molar-refractivity contribution < 1.29 is 79.9 Å². The number of ether oxygens (including phenoxy) is 4. The summed E-state index contributed by atoms with van der Waals surface area (Å²) in [5.74, 6) is -0.209. The van der Waals surface area contributed by atoms with E-state index in [1.165, 1.54) is 0 Å². The first-order valence-electron chi connectivity index (χ1n) is 7.47. The monoisotopic (exact) mass is 372 g/mol. The van der Waals surface area contributed by atoms with Gasteiger partial charge in [-0.25, -0.2) is 0 Å². The summed E-state index contributed by atoms with van der Waals surface area (Å²) in [6.07, 6.45) is 0. The third-order valence-corrected chi connectivity index (χ3v) is 2.57. The maximum atomic E-state index is 11.3. The van der Waals surface area contributed by atoms with Gasteiger partial charge in [-0.2, -0.15) is 0 Å². The van der Waals surface area contributed by atoms with Crippen molar-refractivity contribution in [2.24, 2.45) is 5.92 Å². The van der Waals surface area contributed by atoms with E-state index >= 15 is 0 Å². The summed E-state index contributed by atoms with van der Waals surface area (Å²) in [4.78, 5) is 21.7. The molecule has 0 spiro atoms. The molecule has 0 saturated heterocycles. The summed E-state index contributed by atoms with van der Waals surface area (Å²) < 4.78 is 21.0. The van der Waals surface area contributed by atoms with Crippen molar-refractivity contribution in [3.05, 3.63) is 14.4 Å². The molecule has 0 fully saturated rings. The van der Waals surface area contributed by atoms with Crippen molar-refractivity contribution >= 4 is 11.7 Å². The van der Waals surface area contributed by atoms with Crippen LogP contribution in [0.2, 0.25) is 0 Å². The molecule has 7 nitrogen and oxygen atoms in total. The number of Topliss-reactive ketones (excluding diaryl/α,β-unsaturated/α-hetero) is 1. The predicted octanol–water partition coefficient (Wildman–Crippen LogP) is -2.32. The molecule has 0 saturated carbocycles. The SMILES string of the molecule is [CH2-]C(=O)NCCOCCOCCOCCOCC(=O)C(C)C.[CH3-].[K+]. The number of ketones is 1. The first-order valence-corrected chi connectivity index (χ1v) is 7.47. The van der Waals surface area contributed by atoms with Crippen molar-refractivity contribution in [3.63, 3.8) is 0 Å². The Hall–Kier alpha value is 0.486. The van der Waals surface area contributed by atoms with Crippen LogP contribution in [0.5, 0.6) is 0 Å². The van der Waals surface area contributed by atoms with Gasteiger partial charge >= 0.3 is 51.4 Å². The fourth-order valence-electron chi connectivity index (χ4n) is 1.26. The Morgan fingerprint density at radius 3 is 1.71 bits per heavy atom. The molecule has 0 bridgehead atoms. The zero-order valence-electron chi connectivity index (χ0n) is 15.6. The van der Waals surface area contributed by atoms with Gasteiger partial charge in [0.2, 0.25) is 0 Å². The predicted molar refractivity (Wildman–Crippen MR) is 87.9 cm³/mol. The molecule has 24 heavy (non-hydrogen) atoms. The van der Waals surface area contributed by atoms with Gasteiger partial charge in [0, 0.05) is 12.5 Å². The third-order valence-electron chi connectivity index (χ3n) is 2.57. The average molecular weight is 373 g/mol. The van der Waals surface area contributed by atoms with Crippen molar-refractivity contribution in [3.8, 4) is 0 Å². The summed E-state index contributed by atoms with van der Waals surface area (Å²) in [5.41, 5.74) is 0. The zero-order valence-corrected chi connectivity index (χ0v) is 18.7. The van der Waals surface area contributed by atoms with Crippen LogP contribution in [-0.2, 0) is 28.5 Å². The van der Waals surface area contributed by atoms with E-state index in [0.29, 0.717) is 52.8 Å². The second-order valence-corrected chi connectivity index (χ2v) is 4.86. The molecule has 8 heteroatoms. The zero-order chi connectivity index (χ0) is 16.6. The fourth-order valence-corrected chi connectivity index (χ4v) is 1.26. The number of nitrogens with one attached hydrogen (secondary N) is 1. The Balaban J connectivity index is -0.00000220. The minimum absolute atomic E-state index is 0. The number of carbonyl (C=O) groups excluding carboxylic acids is 2. The fraction of sp³-hybridized carbons (Fsp3) is 0.750. The largest absolute Gasteiger partial charge is 1.00 e. The average Bonchev–Trinajstić information content (AvgIpc) is 2.46. The first kappa shape index (κ1) is 29.3. The third kappa shape index (κ3) is 22.5. The van der Waals surface area contributed by atoms with E-state index in [9.17, 15) is 9.59 Å². The molecule has 0 aromatic heterocycles. The van der Waals surface area contributed by atoms with Gasteiger partial charge in [0.1, 0.15) is 6.61 Å². The van der Waals surface area contributed by atoms with E-state index in [-0.39, 0.29) is 83.0 Å². The minimum atomic E-state index is -0.311. The van der Waals surface area contributed by atoms with Crippen LogP contribution < -0.4 is 56.7 Å². The van der Waals surface area contributed by atoms with Crippen LogP contribution in [0.25, 0.3) is 0 Å². The summed E-state index contributed by atoms with van der Waals surface area (Å²) >= 11 is 0. The van der Waals surface area contributed by atoms with Crippen molar-refractivity contribution in [2.75, 3.05) is 59.4 Å². The number of carbonyl (C=O) groups is 2. The van der Waals surface area contributed by atoms with Crippen LogP contribution in [0.15, 0.2) is 0 Å². The van der Waals surface area contributed by atoms with Gasteiger partial charge in [0.05, 0.1) is 52.2 Å². The second-order valence-electron chi connectivity index (χ2n) is 4.86.